The third-order valence-electron chi connectivity index (χ3n) is 1.02. The fourth-order valence-electron chi connectivity index (χ4n) is 0.565. The number of rotatable bonds is 6. The summed E-state index contributed by atoms with van der Waals surface area (Å²) in [5.74, 6) is 0. The minimum Gasteiger partial charge on any atom is -0.381 e. The zero-order valence-corrected chi connectivity index (χ0v) is 6.39. The Kier molecular flexibility index (Phi) is 7.63. The molecule has 0 aromatic rings. The lowest BCUT2D eigenvalue weighted by molar-refractivity contribution is 0.133. The minimum atomic E-state index is 0.722. The standard InChI is InChI=1S/C7H14N2O/c1-2-5-10-6-3-4-9-7-8/h9H,2-6H2,1H3. The number of nitriles is 1. The fraction of sp³-hybridized carbons (Fsp3) is 0.857. The van der Waals surface area contributed by atoms with Crippen LogP contribution in [0.4, 0.5) is 0 Å². The van der Waals surface area contributed by atoms with Gasteiger partial charge in [-0.2, -0.15) is 5.26 Å². The second-order valence-corrected chi connectivity index (χ2v) is 2.00. The van der Waals surface area contributed by atoms with E-state index in [1.807, 2.05) is 6.19 Å². The molecule has 0 atom stereocenters. The number of ether oxygens (including phenoxy) is 1. The lowest BCUT2D eigenvalue weighted by Crippen LogP contribution is -2.10. The number of nitrogens with one attached hydrogen (secondary N) is 1. The van der Waals surface area contributed by atoms with E-state index in [-0.39, 0.29) is 0 Å². The minimum absolute atomic E-state index is 0.722. The Balaban J connectivity index is 2.72. The molecule has 0 saturated carbocycles. The summed E-state index contributed by atoms with van der Waals surface area (Å²) in [7, 11) is 0. The van der Waals surface area contributed by atoms with Gasteiger partial charge < -0.3 is 10.1 Å². The summed E-state index contributed by atoms with van der Waals surface area (Å²) >= 11 is 0. The molecular formula is C7H14N2O. The molecule has 0 heterocycles. The highest BCUT2D eigenvalue weighted by Gasteiger charge is 1.85. The van der Waals surface area contributed by atoms with Crippen LogP contribution in [-0.2, 0) is 4.74 Å². The number of nitrogens with zero attached hydrogens (tertiary/aromatic N) is 1. The van der Waals surface area contributed by atoms with Crippen LogP contribution in [0.25, 0.3) is 0 Å². The monoisotopic (exact) mass is 142 g/mol. The molecule has 0 fully saturated rings. The van der Waals surface area contributed by atoms with Crippen LogP contribution in [0.5, 0.6) is 0 Å². The molecule has 0 radical (unpaired) electrons. The Labute approximate surface area is 62.0 Å². The molecule has 0 spiro atoms. The van der Waals surface area contributed by atoms with Gasteiger partial charge in [0.25, 0.3) is 0 Å². The Morgan fingerprint density at radius 3 is 2.90 bits per heavy atom. The highest BCUT2D eigenvalue weighted by molar-refractivity contribution is 4.63. The maximum absolute atomic E-state index is 8.07. The van der Waals surface area contributed by atoms with Crippen molar-refractivity contribution in [1.29, 1.82) is 5.26 Å². The van der Waals surface area contributed by atoms with E-state index in [9.17, 15) is 0 Å². The van der Waals surface area contributed by atoms with E-state index < -0.39 is 0 Å². The first kappa shape index (κ1) is 9.25. The lowest BCUT2D eigenvalue weighted by Gasteiger charge is -1.99. The van der Waals surface area contributed by atoms with Gasteiger partial charge in [0.15, 0.2) is 6.19 Å². The summed E-state index contributed by atoms with van der Waals surface area (Å²) in [6.45, 7) is 4.38. The van der Waals surface area contributed by atoms with Crippen LogP contribution in [0.1, 0.15) is 19.8 Å². The maximum Gasteiger partial charge on any atom is 0.176 e. The van der Waals surface area contributed by atoms with Gasteiger partial charge in [0, 0.05) is 19.8 Å². The normalized spacial score (nSPS) is 8.80. The van der Waals surface area contributed by atoms with Gasteiger partial charge in [-0.3, -0.25) is 0 Å². The number of hydrogen-bond donors (Lipinski definition) is 1. The topological polar surface area (TPSA) is 45.0 Å². The molecule has 0 aliphatic heterocycles. The van der Waals surface area contributed by atoms with Crippen molar-refractivity contribution in [3.63, 3.8) is 0 Å². The molecule has 3 heteroatoms. The van der Waals surface area contributed by atoms with Crippen LogP contribution < -0.4 is 5.32 Å². The molecule has 0 aliphatic rings. The molecule has 0 bridgehead atoms. The Morgan fingerprint density at radius 2 is 2.30 bits per heavy atom. The third-order valence-corrected chi connectivity index (χ3v) is 1.02. The van der Waals surface area contributed by atoms with Crippen molar-refractivity contribution in [1.82, 2.24) is 5.32 Å². The smallest absolute Gasteiger partial charge is 0.176 e. The maximum atomic E-state index is 8.07. The first-order valence-electron chi connectivity index (χ1n) is 3.61. The average molecular weight is 142 g/mol. The summed E-state index contributed by atoms with van der Waals surface area (Å²) in [6.07, 6.45) is 3.82. The van der Waals surface area contributed by atoms with Gasteiger partial charge in [-0.1, -0.05) is 6.92 Å². The summed E-state index contributed by atoms with van der Waals surface area (Å²) in [6, 6.07) is 0. The summed E-state index contributed by atoms with van der Waals surface area (Å²) < 4.78 is 5.18. The van der Waals surface area contributed by atoms with E-state index in [0.29, 0.717) is 0 Å². The molecule has 3 nitrogen and oxygen atoms in total. The zero-order chi connectivity index (χ0) is 7.66. The van der Waals surface area contributed by atoms with Crippen LogP contribution in [-0.4, -0.2) is 19.8 Å². The van der Waals surface area contributed by atoms with Crippen LogP contribution >= 0.6 is 0 Å². The van der Waals surface area contributed by atoms with E-state index >= 15 is 0 Å². The second-order valence-electron chi connectivity index (χ2n) is 2.00. The molecule has 0 unspecified atom stereocenters. The first-order chi connectivity index (χ1) is 4.91. The van der Waals surface area contributed by atoms with Crippen molar-refractivity contribution in [3.8, 4) is 6.19 Å². The Bertz CT molecular complexity index is 98.3. The highest BCUT2D eigenvalue weighted by Crippen LogP contribution is 1.82. The Morgan fingerprint density at radius 1 is 1.50 bits per heavy atom. The molecule has 1 N–H and O–H groups in total. The molecule has 0 rings (SSSR count). The van der Waals surface area contributed by atoms with Crippen LogP contribution in [0.3, 0.4) is 0 Å². The Hall–Kier alpha value is -0.750. The van der Waals surface area contributed by atoms with Gasteiger partial charge in [-0.15, -0.1) is 0 Å². The largest absolute Gasteiger partial charge is 0.381 e. The predicted molar refractivity (Wildman–Crippen MR) is 39.3 cm³/mol. The molecule has 10 heavy (non-hydrogen) atoms. The van der Waals surface area contributed by atoms with Gasteiger partial charge in [0.1, 0.15) is 0 Å². The van der Waals surface area contributed by atoms with Crippen LogP contribution in [0, 0.1) is 11.5 Å². The molecule has 58 valence electrons. The van der Waals surface area contributed by atoms with Gasteiger partial charge in [-0.05, 0) is 12.8 Å². The van der Waals surface area contributed by atoms with Crippen molar-refractivity contribution in [2.24, 2.45) is 0 Å². The molecule has 0 aliphatic carbocycles. The summed E-state index contributed by atoms with van der Waals surface area (Å²) in [5, 5.41) is 10.6. The van der Waals surface area contributed by atoms with E-state index in [2.05, 4.69) is 12.2 Å². The van der Waals surface area contributed by atoms with Crippen molar-refractivity contribution >= 4 is 0 Å². The first-order valence-corrected chi connectivity index (χ1v) is 3.61. The van der Waals surface area contributed by atoms with Gasteiger partial charge in [0.2, 0.25) is 0 Å². The van der Waals surface area contributed by atoms with Gasteiger partial charge >= 0.3 is 0 Å². The van der Waals surface area contributed by atoms with E-state index in [1.165, 1.54) is 0 Å². The fourth-order valence-corrected chi connectivity index (χ4v) is 0.565. The SMILES string of the molecule is CCCOCCCNC#N. The predicted octanol–water partition coefficient (Wildman–Crippen LogP) is 0.874. The number of hydrogen-bond acceptors (Lipinski definition) is 3. The summed E-state index contributed by atoms with van der Waals surface area (Å²) in [5.41, 5.74) is 0. The zero-order valence-electron chi connectivity index (χ0n) is 6.39. The van der Waals surface area contributed by atoms with E-state index in [1.54, 1.807) is 0 Å². The molecule has 0 saturated heterocycles. The quantitative estimate of drug-likeness (QED) is 0.340. The van der Waals surface area contributed by atoms with Crippen LogP contribution in [0.2, 0.25) is 0 Å². The summed E-state index contributed by atoms with van der Waals surface area (Å²) in [4.78, 5) is 0. The highest BCUT2D eigenvalue weighted by atomic mass is 16.5. The van der Waals surface area contributed by atoms with Gasteiger partial charge in [0.05, 0.1) is 0 Å². The molecule has 0 amide bonds. The van der Waals surface area contributed by atoms with E-state index in [0.717, 1.165) is 32.6 Å². The average Bonchev–Trinajstić information content (AvgIpc) is 1.97. The molecular weight excluding hydrogens is 128 g/mol. The van der Waals surface area contributed by atoms with E-state index in [4.69, 9.17) is 10.00 Å². The molecule has 0 aromatic heterocycles. The van der Waals surface area contributed by atoms with Crippen LogP contribution in [0.15, 0.2) is 0 Å². The van der Waals surface area contributed by atoms with Crippen molar-refractivity contribution in [3.05, 3.63) is 0 Å². The second kappa shape index (κ2) is 8.25. The lowest BCUT2D eigenvalue weighted by atomic mass is 10.4. The van der Waals surface area contributed by atoms with Crippen molar-refractivity contribution in [2.75, 3.05) is 19.8 Å². The van der Waals surface area contributed by atoms with Crippen molar-refractivity contribution in [2.45, 2.75) is 19.8 Å². The van der Waals surface area contributed by atoms with Gasteiger partial charge in [-0.25, -0.2) is 0 Å². The van der Waals surface area contributed by atoms with Crippen molar-refractivity contribution < 1.29 is 4.74 Å². The third kappa shape index (κ3) is 7.25. The molecule has 0 aromatic carbocycles.